The summed E-state index contributed by atoms with van der Waals surface area (Å²) in [6.45, 7) is 2.66. The third-order valence-electron chi connectivity index (χ3n) is 5.59. The zero-order chi connectivity index (χ0) is 23.4. The molecule has 170 valence electrons. The fraction of sp³-hybridized carbons (Fsp3) is 0.348. The summed E-state index contributed by atoms with van der Waals surface area (Å²) in [6.07, 6.45) is 3.14. The Morgan fingerprint density at radius 1 is 1.25 bits per heavy atom. The van der Waals surface area contributed by atoms with Crippen molar-refractivity contribution in [1.82, 2.24) is 19.0 Å². The highest BCUT2D eigenvalue weighted by Crippen LogP contribution is 2.37. The normalized spacial score (nSPS) is 18.2. The lowest BCUT2D eigenvalue weighted by Crippen LogP contribution is -2.22. The van der Waals surface area contributed by atoms with Gasteiger partial charge in [0.15, 0.2) is 5.78 Å². The summed E-state index contributed by atoms with van der Waals surface area (Å²) in [7, 11) is 5.56. The van der Waals surface area contributed by atoms with E-state index in [1.54, 1.807) is 20.4 Å². The van der Waals surface area contributed by atoms with Gasteiger partial charge in [-0.1, -0.05) is 12.1 Å². The number of aromatic nitrogens is 3. The van der Waals surface area contributed by atoms with Crippen molar-refractivity contribution in [3.8, 4) is 28.4 Å². The number of carboxylic acid groups (broad SMARTS) is 1. The molecule has 1 saturated heterocycles. The molecule has 4 rings (SSSR count). The summed E-state index contributed by atoms with van der Waals surface area (Å²) in [5, 5.41) is 17.5. The lowest BCUT2D eigenvalue weighted by atomic mass is 10.1. The largest absolute Gasteiger partial charge is 0.497 e. The molecule has 0 radical (unpaired) electrons. The minimum atomic E-state index is -0.487. The predicted molar refractivity (Wildman–Crippen MR) is 120 cm³/mol. The van der Waals surface area contributed by atoms with Crippen LogP contribution in [-0.4, -0.2) is 74.8 Å². The van der Waals surface area contributed by atoms with Crippen molar-refractivity contribution in [2.45, 2.75) is 19.1 Å². The third-order valence-corrected chi connectivity index (χ3v) is 5.59. The van der Waals surface area contributed by atoms with Gasteiger partial charge in [0.2, 0.25) is 0 Å². The first-order chi connectivity index (χ1) is 15.3. The zero-order valence-electron chi connectivity index (χ0n) is 18.6. The quantitative estimate of drug-likeness (QED) is 0.463. The fourth-order valence-electron chi connectivity index (χ4n) is 4.07. The first kappa shape index (κ1) is 23.2. The molecule has 0 bridgehead atoms. The van der Waals surface area contributed by atoms with Gasteiger partial charge in [-0.3, -0.25) is 9.59 Å². The van der Waals surface area contributed by atoms with Crippen molar-refractivity contribution in [2.75, 3.05) is 27.2 Å². The number of Topliss-reactive ketones (excluding diaryl/α,β-unsaturated/α-hetero) is 1. The number of imidazole rings is 1. The van der Waals surface area contributed by atoms with E-state index in [4.69, 9.17) is 19.6 Å². The van der Waals surface area contributed by atoms with Crippen LogP contribution in [0.3, 0.4) is 0 Å². The molecule has 3 heterocycles. The third kappa shape index (κ3) is 4.58. The number of carbonyl (C=O) groups excluding carboxylic acids is 1. The number of benzene rings is 1. The highest BCUT2D eigenvalue weighted by Gasteiger charge is 2.33. The second-order valence-corrected chi connectivity index (χ2v) is 7.82. The lowest BCUT2D eigenvalue weighted by molar-refractivity contribution is -0.122. The fourth-order valence-corrected chi connectivity index (χ4v) is 4.07. The number of carbonyl (C=O) groups is 2. The minimum Gasteiger partial charge on any atom is -0.497 e. The maximum atomic E-state index is 12.0. The second kappa shape index (κ2) is 9.80. The SMILES string of the molecule is COc1cccc(-c2ncn([C@@H]3CN(C)C[C@H]3O)c2-c2cc(C(C)=O)cn2C)c1.O=CO. The van der Waals surface area contributed by atoms with Gasteiger partial charge in [0.05, 0.1) is 42.7 Å². The highest BCUT2D eigenvalue weighted by atomic mass is 16.5. The van der Waals surface area contributed by atoms with E-state index < -0.39 is 6.10 Å². The molecule has 2 N–H and O–H groups in total. The van der Waals surface area contributed by atoms with Gasteiger partial charge < -0.3 is 29.0 Å². The predicted octanol–water partition coefficient (Wildman–Crippen LogP) is 2.31. The van der Waals surface area contributed by atoms with Crippen LogP contribution >= 0.6 is 0 Å². The number of likely N-dealkylation sites (tertiary alicyclic amines) is 1. The Hall–Kier alpha value is -3.43. The number of aliphatic hydroxyl groups excluding tert-OH is 1. The molecule has 0 amide bonds. The number of β-amino-alcohol motifs (C(OH)–C–C–N with tert-alkyl or cyclic N) is 1. The van der Waals surface area contributed by atoms with E-state index in [1.165, 1.54) is 0 Å². The Balaban J connectivity index is 0.000000913. The van der Waals surface area contributed by atoms with Gasteiger partial charge in [-0.25, -0.2) is 4.98 Å². The molecule has 1 aliphatic rings. The lowest BCUT2D eigenvalue weighted by Gasteiger charge is -2.20. The number of methoxy groups -OCH3 is 1. The van der Waals surface area contributed by atoms with Crippen molar-refractivity contribution in [3.05, 3.63) is 48.4 Å². The second-order valence-electron chi connectivity index (χ2n) is 7.82. The summed E-state index contributed by atoms with van der Waals surface area (Å²) in [5.41, 5.74) is 4.13. The average Bonchev–Trinajstić information content (AvgIpc) is 3.44. The number of hydrogen-bond acceptors (Lipinski definition) is 6. The van der Waals surface area contributed by atoms with Crippen LogP contribution in [0.25, 0.3) is 22.6 Å². The van der Waals surface area contributed by atoms with Gasteiger partial charge >= 0.3 is 0 Å². The Labute approximate surface area is 186 Å². The van der Waals surface area contributed by atoms with E-state index >= 15 is 0 Å². The number of rotatable bonds is 5. The molecule has 0 unspecified atom stereocenters. The standard InChI is InChI=1S/C22H26N4O3.CH2O2/c1-14(27)16-9-18(25(3)10-16)22-21(15-6-5-7-17(8-15)29-4)23-13-26(22)19-11-24(2)12-20(19)28;2-1-3/h5-10,13,19-20,28H,11-12H2,1-4H3;1H,(H,2,3)/t19-,20-;/m1./s1. The monoisotopic (exact) mass is 440 g/mol. The number of nitrogens with zero attached hydrogens (tertiary/aromatic N) is 4. The maximum Gasteiger partial charge on any atom is 0.290 e. The topological polar surface area (TPSA) is 110 Å². The molecule has 0 aliphatic carbocycles. The first-order valence-corrected chi connectivity index (χ1v) is 10.1. The molecule has 0 spiro atoms. The molecule has 0 saturated carbocycles. The van der Waals surface area contributed by atoms with E-state index in [-0.39, 0.29) is 18.3 Å². The van der Waals surface area contributed by atoms with Crippen LogP contribution in [0.1, 0.15) is 23.3 Å². The van der Waals surface area contributed by atoms with E-state index in [0.29, 0.717) is 12.1 Å². The van der Waals surface area contributed by atoms with Gasteiger partial charge in [0.25, 0.3) is 6.47 Å². The first-order valence-electron chi connectivity index (χ1n) is 10.1. The van der Waals surface area contributed by atoms with Gasteiger partial charge in [0.1, 0.15) is 5.75 Å². The smallest absolute Gasteiger partial charge is 0.290 e. The van der Waals surface area contributed by atoms with Crippen LogP contribution in [-0.2, 0) is 11.8 Å². The molecule has 1 aromatic carbocycles. The zero-order valence-corrected chi connectivity index (χ0v) is 18.6. The Bertz CT molecular complexity index is 1100. The van der Waals surface area contributed by atoms with E-state index in [2.05, 4.69) is 4.90 Å². The van der Waals surface area contributed by atoms with Crippen LogP contribution in [0, 0.1) is 0 Å². The van der Waals surface area contributed by atoms with Crippen LogP contribution in [0.4, 0.5) is 0 Å². The average molecular weight is 441 g/mol. The van der Waals surface area contributed by atoms with Crippen LogP contribution < -0.4 is 4.74 Å². The summed E-state index contributed by atoms with van der Waals surface area (Å²) in [6, 6.07) is 9.54. The molecule has 2 aromatic heterocycles. The summed E-state index contributed by atoms with van der Waals surface area (Å²) in [4.78, 5) is 27.1. The van der Waals surface area contributed by atoms with Crippen molar-refractivity contribution in [1.29, 1.82) is 0 Å². The van der Waals surface area contributed by atoms with Gasteiger partial charge in [-0.15, -0.1) is 0 Å². The van der Waals surface area contributed by atoms with Crippen LogP contribution in [0.2, 0.25) is 0 Å². The number of ketones is 1. The summed E-state index contributed by atoms with van der Waals surface area (Å²) in [5.74, 6) is 0.765. The van der Waals surface area contributed by atoms with Crippen molar-refractivity contribution < 1.29 is 24.5 Å². The molecule has 3 aromatic rings. The van der Waals surface area contributed by atoms with E-state index in [9.17, 15) is 9.90 Å². The molecular weight excluding hydrogens is 412 g/mol. The number of likely N-dealkylation sites (N-methyl/N-ethyl adjacent to an activating group) is 1. The molecule has 9 heteroatoms. The molecule has 1 fully saturated rings. The number of aryl methyl sites for hydroxylation is 1. The Kier molecular flexibility index (Phi) is 7.12. The highest BCUT2D eigenvalue weighted by molar-refractivity contribution is 5.95. The van der Waals surface area contributed by atoms with Crippen molar-refractivity contribution in [3.63, 3.8) is 0 Å². The van der Waals surface area contributed by atoms with Crippen molar-refractivity contribution >= 4 is 12.3 Å². The molecule has 9 nitrogen and oxygen atoms in total. The number of aliphatic hydroxyl groups is 1. The number of hydrogen-bond donors (Lipinski definition) is 2. The molecule has 2 atom stereocenters. The van der Waals surface area contributed by atoms with Gasteiger partial charge in [0, 0.05) is 37.5 Å². The molecular formula is C23H28N4O5. The Morgan fingerprint density at radius 2 is 1.97 bits per heavy atom. The molecule has 32 heavy (non-hydrogen) atoms. The van der Waals surface area contributed by atoms with Crippen LogP contribution in [0.15, 0.2) is 42.9 Å². The number of ether oxygens (including phenoxy) is 1. The van der Waals surface area contributed by atoms with Crippen LogP contribution in [0.5, 0.6) is 5.75 Å². The van der Waals surface area contributed by atoms with E-state index in [1.807, 2.05) is 59.8 Å². The van der Waals surface area contributed by atoms with E-state index in [0.717, 1.165) is 34.9 Å². The Morgan fingerprint density at radius 3 is 2.53 bits per heavy atom. The van der Waals surface area contributed by atoms with Gasteiger partial charge in [-0.05, 0) is 32.2 Å². The molecule has 1 aliphatic heterocycles. The summed E-state index contributed by atoms with van der Waals surface area (Å²) >= 11 is 0. The minimum absolute atomic E-state index is 0.0153. The summed E-state index contributed by atoms with van der Waals surface area (Å²) < 4.78 is 9.38. The van der Waals surface area contributed by atoms with Gasteiger partial charge in [-0.2, -0.15) is 0 Å². The van der Waals surface area contributed by atoms with Crippen molar-refractivity contribution in [2.24, 2.45) is 7.05 Å². The maximum absolute atomic E-state index is 12.0.